The number of benzene rings is 4. The molecule has 0 radical (unpaired) electrons. The van der Waals surface area contributed by atoms with Gasteiger partial charge in [-0.05, 0) is 30.2 Å². The Bertz CT molecular complexity index is 1390. The predicted octanol–water partition coefficient (Wildman–Crippen LogP) is 5.49. The van der Waals surface area contributed by atoms with E-state index < -0.39 is 0 Å². The second-order valence-electron chi connectivity index (χ2n) is 8.35. The molecule has 1 aliphatic heterocycles. The van der Waals surface area contributed by atoms with Crippen LogP contribution in [0.25, 0.3) is 0 Å². The second kappa shape index (κ2) is 8.75. The van der Waals surface area contributed by atoms with Gasteiger partial charge < -0.3 is 10.2 Å². The number of fused-ring (bicyclic) bond motifs is 3. The number of hydrogen-bond acceptors (Lipinski definition) is 2. The highest BCUT2D eigenvalue weighted by molar-refractivity contribution is 5.83. The average molecular weight is 435 g/mol. The van der Waals surface area contributed by atoms with Crippen molar-refractivity contribution in [3.63, 3.8) is 0 Å². The maximum Gasteiger partial charge on any atom is 0.344 e. The van der Waals surface area contributed by atoms with Crippen LogP contribution in [0.1, 0.15) is 27.8 Å². The first-order chi connectivity index (χ1) is 16.1. The van der Waals surface area contributed by atoms with Crippen LogP contribution in [0.15, 0.2) is 91.0 Å². The van der Waals surface area contributed by atoms with Gasteiger partial charge in [-0.1, -0.05) is 60.7 Å². The van der Waals surface area contributed by atoms with Crippen molar-refractivity contribution < 1.29 is 19.4 Å². The number of aromatic hydroxyl groups is 2. The number of para-hydroxylation sites is 4. The first-order valence-corrected chi connectivity index (χ1v) is 11.1. The molecule has 4 heteroatoms. The summed E-state index contributed by atoms with van der Waals surface area (Å²) in [6.45, 7) is 2.40. The van der Waals surface area contributed by atoms with Crippen LogP contribution in [0, 0.1) is 6.92 Å². The smallest absolute Gasteiger partial charge is 0.344 e. The van der Waals surface area contributed by atoms with E-state index in [-0.39, 0.29) is 5.75 Å². The van der Waals surface area contributed by atoms with Crippen LogP contribution in [-0.2, 0) is 6.42 Å². The molecule has 4 aromatic carbocycles. The standard InChI is InChI=1S/C29H24N2O2/c1-21-9-7-12-24(28(21)32)19-31-20-30(26-14-3-2-4-15-26)18-25-13-8-11-23(29(25)33)17-22-10-5-6-16-27(22)31/h2-16,18-19H,17,20H2,1H3/p+2. The molecule has 0 fully saturated rings. The molecule has 0 spiro atoms. The number of phenolic OH excluding ortho intramolecular Hbond substituents is 2. The van der Waals surface area contributed by atoms with Gasteiger partial charge in [-0.2, -0.15) is 0 Å². The Morgan fingerprint density at radius 3 is 2.30 bits per heavy atom. The first kappa shape index (κ1) is 20.7. The summed E-state index contributed by atoms with van der Waals surface area (Å²) in [5, 5.41) is 21.7. The fourth-order valence-electron chi connectivity index (χ4n) is 4.29. The largest absolute Gasteiger partial charge is 0.507 e. The minimum Gasteiger partial charge on any atom is -0.507 e. The van der Waals surface area contributed by atoms with E-state index in [0.717, 1.165) is 39.2 Å². The van der Waals surface area contributed by atoms with Gasteiger partial charge >= 0.3 is 6.67 Å². The minimum atomic E-state index is 0.283. The molecule has 0 aliphatic carbocycles. The molecule has 4 nitrogen and oxygen atoms in total. The Hall–Kier alpha value is -4.18. The number of nitrogens with zero attached hydrogens (tertiary/aromatic N) is 2. The lowest BCUT2D eigenvalue weighted by Crippen LogP contribution is -2.23. The summed E-state index contributed by atoms with van der Waals surface area (Å²) in [7, 11) is 0. The van der Waals surface area contributed by atoms with Gasteiger partial charge in [0.05, 0.1) is 11.1 Å². The van der Waals surface area contributed by atoms with Gasteiger partial charge in [-0.25, -0.2) is 0 Å². The van der Waals surface area contributed by atoms with Crippen molar-refractivity contribution in [2.24, 2.45) is 0 Å². The molecule has 1 heterocycles. The summed E-state index contributed by atoms with van der Waals surface area (Å²) in [6.07, 6.45) is 4.60. The Morgan fingerprint density at radius 1 is 0.727 bits per heavy atom. The van der Waals surface area contributed by atoms with Gasteiger partial charge in [-0.15, -0.1) is 9.15 Å². The summed E-state index contributed by atoms with van der Waals surface area (Å²) < 4.78 is 4.28. The zero-order valence-corrected chi connectivity index (χ0v) is 18.5. The van der Waals surface area contributed by atoms with Gasteiger partial charge in [0.1, 0.15) is 11.5 Å². The van der Waals surface area contributed by atoms with Crippen molar-refractivity contribution >= 4 is 23.8 Å². The zero-order valence-electron chi connectivity index (χ0n) is 18.5. The summed E-state index contributed by atoms with van der Waals surface area (Å²) >= 11 is 0. The van der Waals surface area contributed by atoms with Crippen molar-refractivity contribution in [1.82, 2.24) is 0 Å². The van der Waals surface area contributed by atoms with E-state index in [0.29, 0.717) is 18.8 Å². The third kappa shape index (κ3) is 4.15. The summed E-state index contributed by atoms with van der Waals surface area (Å²) in [5.74, 6) is 0.590. The third-order valence-corrected chi connectivity index (χ3v) is 6.08. The molecule has 0 unspecified atom stereocenters. The van der Waals surface area contributed by atoms with Gasteiger partial charge in [-0.3, -0.25) is 0 Å². The summed E-state index contributed by atoms with van der Waals surface area (Å²) in [6, 6.07) is 30.0. The molecule has 33 heavy (non-hydrogen) atoms. The van der Waals surface area contributed by atoms with Crippen LogP contribution in [0.4, 0.5) is 11.4 Å². The molecular formula is C29H26N2O2+2. The van der Waals surface area contributed by atoms with Gasteiger partial charge in [0.2, 0.25) is 11.4 Å². The van der Waals surface area contributed by atoms with Crippen LogP contribution in [0.5, 0.6) is 11.5 Å². The SMILES string of the molecule is Cc1cccc(/C=[N+]2\C/[N+](c3ccccc3)=C\c3cccc(c3O)Cc3ccccc32)c1O. The molecule has 2 bridgehead atoms. The topological polar surface area (TPSA) is 46.5 Å². The molecule has 5 rings (SSSR count). The molecule has 0 saturated carbocycles. The maximum atomic E-state index is 11.0. The molecule has 0 atom stereocenters. The monoisotopic (exact) mass is 434 g/mol. The van der Waals surface area contributed by atoms with Crippen LogP contribution < -0.4 is 0 Å². The maximum absolute atomic E-state index is 11.0. The van der Waals surface area contributed by atoms with Crippen LogP contribution in [0.3, 0.4) is 0 Å². The molecular weight excluding hydrogens is 408 g/mol. The lowest BCUT2D eigenvalue weighted by molar-refractivity contribution is -0.649. The fourth-order valence-corrected chi connectivity index (χ4v) is 4.29. The number of aryl methyl sites for hydroxylation is 1. The van der Waals surface area contributed by atoms with E-state index in [2.05, 4.69) is 33.4 Å². The molecule has 2 N–H and O–H groups in total. The van der Waals surface area contributed by atoms with Crippen molar-refractivity contribution in [1.29, 1.82) is 0 Å². The van der Waals surface area contributed by atoms with E-state index in [9.17, 15) is 10.2 Å². The normalized spacial score (nSPS) is 16.0. The van der Waals surface area contributed by atoms with Gasteiger partial charge in [0.25, 0.3) is 0 Å². The lowest BCUT2D eigenvalue weighted by Gasteiger charge is -2.13. The Balaban J connectivity index is 1.77. The molecule has 0 aromatic heterocycles. The third-order valence-electron chi connectivity index (χ3n) is 6.08. The van der Waals surface area contributed by atoms with Crippen molar-refractivity contribution in [2.75, 3.05) is 6.67 Å². The first-order valence-electron chi connectivity index (χ1n) is 11.1. The van der Waals surface area contributed by atoms with E-state index in [4.69, 9.17) is 0 Å². The fraction of sp³-hybridized carbons (Fsp3) is 0.103. The highest BCUT2D eigenvalue weighted by Crippen LogP contribution is 2.30. The van der Waals surface area contributed by atoms with Gasteiger partial charge in [0, 0.05) is 30.2 Å². The Kier molecular flexibility index (Phi) is 5.49. The van der Waals surface area contributed by atoms with Gasteiger partial charge in [0.15, 0.2) is 12.4 Å². The van der Waals surface area contributed by atoms with E-state index in [1.807, 2.05) is 86.1 Å². The van der Waals surface area contributed by atoms with Crippen molar-refractivity contribution in [3.05, 3.63) is 119 Å². The minimum absolute atomic E-state index is 0.283. The molecule has 4 aromatic rings. The van der Waals surface area contributed by atoms with E-state index in [1.54, 1.807) is 0 Å². The van der Waals surface area contributed by atoms with Crippen molar-refractivity contribution in [3.8, 4) is 11.5 Å². The van der Waals surface area contributed by atoms with Crippen LogP contribution in [0.2, 0.25) is 0 Å². The zero-order chi connectivity index (χ0) is 22.8. The molecule has 0 saturated heterocycles. The quantitative estimate of drug-likeness (QED) is 0.410. The highest BCUT2D eigenvalue weighted by Gasteiger charge is 2.25. The molecule has 0 amide bonds. The highest BCUT2D eigenvalue weighted by atomic mass is 16.3. The van der Waals surface area contributed by atoms with Crippen LogP contribution >= 0.6 is 0 Å². The Labute approximate surface area is 193 Å². The molecule has 1 aliphatic rings. The predicted molar refractivity (Wildman–Crippen MR) is 132 cm³/mol. The lowest BCUT2D eigenvalue weighted by atomic mass is 9.99. The van der Waals surface area contributed by atoms with Crippen LogP contribution in [-0.4, -0.2) is 38.5 Å². The second-order valence-corrected chi connectivity index (χ2v) is 8.35. The summed E-state index contributed by atoms with van der Waals surface area (Å²) in [4.78, 5) is 0. The van der Waals surface area contributed by atoms with Crippen molar-refractivity contribution in [2.45, 2.75) is 13.3 Å². The summed E-state index contributed by atoms with van der Waals surface area (Å²) in [5.41, 5.74) is 6.38. The number of hydrogen-bond donors (Lipinski definition) is 2. The van der Waals surface area contributed by atoms with E-state index in [1.165, 1.54) is 0 Å². The average Bonchev–Trinajstić information content (AvgIpc) is 2.83. The van der Waals surface area contributed by atoms with E-state index >= 15 is 0 Å². The number of phenols is 2. The Morgan fingerprint density at radius 2 is 1.45 bits per heavy atom. The number of rotatable bonds is 2. The molecule has 162 valence electrons.